The molecule has 164 valence electrons. The van der Waals surface area contributed by atoms with Gasteiger partial charge in [-0.2, -0.15) is 0 Å². The number of benzene rings is 3. The minimum Gasteiger partial charge on any atom is -0.354 e. The summed E-state index contributed by atoms with van der Waals surface area (Å²) in [5.74, 6) is 0. The first-order chi connectivity index (χ1) is 16.6. The third-order valence-corrected chi connectivity index (χ3v) is 6.24. The van der Waals surface area contributed by atoms with Crippen LogP contribution in [0.25, 0.3) is 55.6 Å². The number of aromatic amines is 2. The fourth-order valence-electron chi connectivity index (χ4n) is 4.55. The van der Waals surface area contributed by atoms with Crippen molar-refractivity contribution >= 4 is 21.9 Å². The zero-order valence-electron chi connectivity index (χ0n) is 18.9. The number of rotatable bonds is 3. The third kappa shape index (κ3) is 3.30. The first-order valence-corrected chi connectivity index (χ1v) is 11.2. The quantitative estimate of drug-likeness (QED) is 0.332. The van der Waals surface area contributed by atoms with Gasteiger partial charge in [0.1, 0.15) is 0 Å². The highest BCUT2D eigenvalue weighted by molar-refractivity contribution is 6.10. The lowest BCUT2D eigenvalue weighted by atomic mass is 9.94. The van der Waals surface area contributed by atoms with Gasteiger partial charge in [0.05, 0.1) is 23.1 Å². The molecule has 5 nitrogen and oxygen atoms in total. The van der Waals surface area contributed by atoms with E-state index in [2.05, 4.69) is 83.4 Å². The maximum atomic E-state index is 13.1. The van der Waals surface area contributed by atoms with Gasteiger partial charge in [-0.05, 0) is 37.6 Å². The molecule has 0 fully saturated rings. The summed E-state index contributed by atoms with van der Waals surface area (Å²) < 4.78 is 0. The number of pyridine rings is 1. The Labute approximate surface area is 196 Å². The minimum atomic E-state index is -0.205. The molecule has 0 spiro atoms. The van der Waals surface area contributed by atoms with Crippen molar-refractivity contribution in [2.75, 3.05) is 0 Å². The van der Waals surface area contributed by atoms with Crippen LogP contribution >= 0.6 is 0 Å². The van der Waals surface area contributed by atoms with Crippen LogP contribution in [-0.4, -0.2) is 19.9 Å². The first-order valence-electron chi connectivity index (χ1n) is 11.2. The maximum absolute atomic E-state index is 13.1. The van der Waals surface area contributed by atoms with Crippen LogP contribution in [0.4, 0.5) is 0 Å². The normalized spacial score (nSPS) is 11.4. The standard InChI is InChI=1S/C29H22N4O/c1-17-8-11-19(12-9-17)24-15-22(26-28(33-24)30-16-31-29(26)34)25-21-14-18(2)10-13-23(21)32-27(25)20-6-4-3-5-7-20/h3-16,32H,1-2H3,(H,30,31,33,34). The Morgan fingerprint density at radius 2 is 1.56 bits per heavy atom. The van der Waals surface area contributed by atoms with E-state index in [1.807, 2.05) is 24.3 Å². The summed E-state index contributed by atoms with van der Waals surface area (Å²) in [5, 5.41) is 1.54. The number of aryl methyl sites for hydroxylation is 2. The zero-order valence-corrected chi connectivity index (χ0v) is 18.9. The summed E-state index contributed by atoms with van der Waals surface area (Å²) in [6.07, 6.45) is 1.41. The van der Waals surface area contributed by atoms with Gasteiger partial charge in [-0.25, -0.2) is 9.97 Å². The average molecular weight is 443 g/mol. The number of nitrogens with one attached hydrogen (secondary N) is 2. The highest BCUT2D eigenvalue weighted by atomic mass is 16.1. The molecule has 0 atom stereocenters. The predicted molar refractivity (Wildman–Crippen MR) is 138 cm³/mol. The maximum Gasteiger partial charge on any atom is 0.260 e. The lowest BCUT2D eigenvalue weighted by molar-refractivity contribution is 1.14. The molecule has 3 heterocycles. The molecular weight excluding hydrogens is 420 g/mol. The molecule has 0 aliphatic carbocycles. The second-order valence-corrected chi connectivity index (χ2v) is 8.64. The van der Waals surface area contributed by atoms with Gasteiger partial charge in [-0.15, -0.1) is 0 Å². The van der Waals surface area contributed by atoms with Crippen LogP contribution in [0.2, 0.25) is 0 Å². The third-order valence-electron chi connectivity index (χ3n) is 6.24. The molecule has 5 heteroatoms. The summed E-state index contributed by atoms with van der Waals surface area (Å²) in [5.41, 5.74) is 9.13. The van der Waals surface area contributed by atoms with E-state index in [1.54, 1.807) is 0 Å². The van der Waals surface area contributed by atoms with E-state index in [0.717, 1.165) is 50.1 Å². The molecule has 0 aliphatic heterocycles. The van der Waals surface area contributed by atoms with Gasteiger partial charge < -0.3 is 9.97 Å². The molecule has 2 N–H and O–H groups in total. The van der Waals surface area contributed by atoms with Crippen molar-refractivity contribution in [2.24, 2.45) is 0 Å². The number of H-pyrrole nitrogens is 2. The first kappa shape index (κ1) is 20.1. The smallest absolute Gasteiger partial charge is 0.260 e. The van der Waals surface area contributed by atoms with Crippen LogP contribution < -0.4 is 5.56 Å². The average Bonchev–Trinajstić information content (AvgIpc) is 3.23. The highest BCUT2D eigenvalue weighted by Crippen LogP contribution is 2.41. The van der Waals surface area contributed by atoms with E-state index in [1.165, 1.54) is 11.9 Å². The van der Waals surface area contributed by atoms with Crippen LogP contribution in [0.3, 0.4) is 0 Å². The summed E-state index contributed by atoms with van der Waals surface area (Å²) in [6, 6.07) is 26.8. The molecule has 6 rings (SSSR count). The molecule has 34 heavy (non-hydrogen) atoms. The Morgan fingerprint density at radius 3 is 2.35 bits per heavy atom. The monoisotopic (exact) mass is 442 g/mol. The van der Waals surface area contributed by atoms with Gasteiger partial charge in [0, 0.05) is 27.6 Å². The van der Waals surface area contributed by atoms with Crippen molar-refractivity contribution in [1.82, 2.24) is 19.9 Å². The Hall–Kier alpha value is -4.51. The highest BCUT2D eigenvalue weighted by Gasteiger charge is 2.21. The topological polar surface area (TPSA) is 74.4 Å². The zero-order chi connectivity index (χ0) is 23.2. The Balaban J connectivity index is 1.76. The number of fused-ring (bicyclic) bond motifs is 2. The van der Waals surface area contributed by atoms with Crippen molar-refractivity contribution in [3.8, 4) is 33.6 Å². The molecule has 0 aliphatic rings. The number of nitrogens with zero attached hydrogens (tertiary/aromatic N) is 2. The summed E-state index contributed by atoms with van der Waals surface area (Å²) in [4.78, 5) is 28.6. The summed E-state index contributed by atoms with van der Waals surface area (Å²) in [7, 11) is 0. The van der Waals surface area contributed by atoms with E-state index >= 15 is 0 Å². The summed E-state index contributed by atoms with van der Waals surface area (Å²) >= 11 is 0. The second-order valence-electron chi connectivity index (χ2n) is 8.64. The predicted octanol–water partition coefficient (Wildman–Crippen LogP) is 6.42. The van der Waals surface area contributed by atoms with Gasteiger partial charge in [-0.3, -0.25) is 4.79 Å². The minimum absolute atomic E-state index is 0.205. The van der Waals surface area contributed by atoms with Crippen molar-refractivity contribution in [3.63, 3.8) is 0 Å². The van der Waals surface area contributed by atoms with Crippen LogP contribution in [0, 0.1) is 13.8 Å². The van der Waals surface area contributed by atoms with E-state index in [9.17, 15) is 4.79 Å². The van der Waals surface area contributed by atoms with Gasteiger partial charge in [0.15, 0.2) is 5.65 Å². The number of aromatic nitrogens is 4. The molecule has 0 saturated carbocycles. The van der Waals surface area contributed by atoms with E-state index in [4.69, 9.17) is 4.98 Å². The van der Waals surface area contributed by atoms with E-state index in [-0.39, 0.29) is 5.56 Å². The van der Waals surface area contributed by atoms with Crippen molar-refractivity contribution in [2.45, 2.75) is 13.8 Å². The number of hydrogen-bond donors (Lipinski definition) is 2. The molecular formula is C29H22N4O. The number of hydrogen-bond acceptors (Lipinski definition) is 3. The van der Waals surface area contributed by atoms with Crippen LogP contribution in [0.15, 0.2) is 90.0 Å². The largest absolute Gasteiger partial charge is 0.354 e. The van der Waals surface area contributed by atoms with E-state index in [0.29, 0.717) is 11.0 Å². The molecule has 0 saturated heterocycles. The van der Waals surface area contributed by atoms with Gasteiger partial charge in [-0.1, -0.05) is 71.8 Å². The summed E-state index contributed by atoms with van der Waals surface area (Å²) in [6.45, 7) is 4.14. The van der Waals surface area contributed by atoms with Gasteiger partial charge >= 0.3 is 0 Å². The van der Waals surface area contributed by atoms with E-state index < -0.39 is 0 Å². The molecule has 6 aromatic rings. The Kier molecular flexibility index (Phi) is 4.62. The fraction of sp³-hybridized carbons (Fsp3) is 0.0690. The van der Waals surface area contributed by atoms with Crippen LogP contribution in [0.1, 0.15) is 11.1 Å². The Morgan fingerprint density at radius 1 is 0.794 bits per heavy atom. The van der Waals surface area contributed by atoms with Crippen LogP contribution in [-0.2, 0) is 0 Å². The van der Waals surface area contributed by atoms with Crippen LogP contribution in [0.5, 0.6) is 0 Å². The Bertz CT molecular complexity index is 1730. The molecule has 0 bridgehead atoms. The lowest BCUT2D eigenvalue weighted by Crippen LogP contribution is -2.09. The van der Waals surface area contributed by atoms with Crippen molar-refractivity contribution in [1.29, 1.82) is 0 Å². The second kappa shape index (κ2) is 7.81. The molecule has 0 amide bonds. The van der Waals surface area contributed by atoms with Crippen molar-refractivity contribution < 1.29 is 0 Å². The molecule has 0 radical (unpaired) electrons. The van der Waals surface area contributed by atoms with Gasteiger partial charge in [0.2, 0.25) is 0 Å². The van der Waals surface area contributed by atoms with Gasteiger partial charge in [0.25, 0.3) is 5.56 Å². The van der Waals surface area contributed by atoms with Crippen molar-refractivity contribution in [3.05, 3.63) is 107 Å². The molecule has 3 aromatic carbocycles. The molecule has 0 unspecified atom stereocenters. The SMILES string of the molecule is Cc1ccc(-c2cc(-c3c(-c4ccccc4)[nH]c4ccc(C)cc34)c3c(=O)[nH]cnc3n2)cc1. The molecule has 3 aromatic heterocycles. The fourth-order valence-corrected chi connectivity index (χ4v) is 4.55. The lowest BCUT2D eigenvalue weighted by Gasteiger charge is -2.11.